The van der Waals surface area contributed by atoms with Gasteiger partial charge in [0.25, 0.3) is 0 Å². The standard InChI is InChI=1S/CH4O4S2/c1-7(3,6)5-4-2/h2H,1H3. The van der Waals surface area contributed by atoms with Crippen LogP contribution in [0.4, 0.5) is 0 Å². The zero-order valence-electron chi connectivity index (χ0n) is 3.49. The van der Waals surface area contributed by atoms with Gasteiger partial charge < -0.3 is 0 Å². The lowest BCUT2D eigenvalue weighted by Crippen LogP contribution is -1.98. The Morgan fingerprint density at radius 3 is 2.29 bits per heavy atom. The molecule has 0 saturated heterocycles. The normalized spacial score (nSPS) is 18.6. The van der Waals surface area contributed by atoms with Gasteiger partial charge in [0.1, 0.15) is 0 Å². The summed E-state index contributed by atoms with van der Waals surface area (Å²) in [5.74, 6) is 0. The lowest BCUT2D eigenvalue weighted by molar-refractivity contribution is -0.435. The molecular weight excluding hydrogens is 140 g/mol. The Hall–Kier alpha value is 0.250. The maximum atomic E-state index is 10.1. The third-order valence-electron chi connectivity index (χ3n) is 0.154. The van der Waals surface area contributed by atoms with Crippen molar-refractivity contribution in [2.24, 2.45) is 0 Å². The molecule has 0 aliphatic rings. The number of rotatable bonds is 2. The van der Waals surface area contributed by atoms with E-state index in [9.17, 15) is 4.21 Å². The molecule has 1 atom stereocenters. The molecule has 0 saturated carbocycles. The molecule has 1 N–H and O–H groups in total. The summed E-state index contributed by atoms with van der Waals surface area (Å²) in [6.07, 6.45) is 1.11. The van der Waals surface area contributed by atoms with E-state index in [1.54, 1.807) is 0 Å². The molecule has 1 unspecified atom stereocenters. The highest BCUT2D eigenvalue weighted by Crippen LogP contribution is 1.83. The Balaban J connectivity index is 3.60. The highest BCUT2D eigenvalue weighted by Gasteiger charge is 1.93. The number of hydrogen-bond donors (Lipinski definition) is 1. The fraction of sp³-hybridized carbons (Fsp3) is 1.00. The van der Waals surface area contributed by atoms with Crippen molar-refractivity contribution in [2.75, 3.05) is 6.26 Å². The fourth-order valence-electron chi connectivity index (χ4n) is 0.0553. The van der Waals surface area contributed by atoms with Crippen LogP contribution in [0.1, 0.15) is 0 Å². The van der Waals surface area contributed by atoms with Gasteiger partial charge in [-0.25, -0.2) is 9.47 Å². The Kier molecular flexibility index (Phi) is 2.62. The summed E-state index contributed by atoms with van der Waals surface area (Å²) in [5, 5.41) is 10.5. The van der Waals surface area contributed by atoms with Gasteiger partial charge in [0.05, 0.1) is 0 Å². The molecule has 0 aromatic rings. The first-order chi connectivity index (χ1) is 3.06. The second kappa shape index (κ2) is 2.53. The van der Waals surface area contributed by atoms with E-state index in [-0.39, 0.29) is 0 Å². The molecule has 0 aromatic heterocycles. The predicted octanol–water partition coefficient (Wildman–Crippen LogP) is -0.301. The molecule has 0 fully saturated rings. The quantitative estimate of drug-likeness (QED) is 0.426. The second-order valence-electron chi connectivity index (χ2n) is 0.847. The molecule has 0 bridgehead atoms. The van der Waals surface area contributed by atoms with E-state index in [4.69, 9.17) is 5.26 Å². The van der Waals surface area contributed by atoms with Gasteiger partial charge in [0, 0.05) is 17.4 Å². The summed E-state index contributed by atoms with van der Waals surface area (Å²) in [4.78, 5) is 0. The monoisotopic (exact) mass is 144 g/mol. The van der Waals surface area contributed by atoms with Crippen LogP contribution in [0.3, 0.4) is 0 Å². The highest BCUT2D eigenvalue weighted by molar-refractivity contribution is 8.29. The van der Waals surface area contributed by atoms with Crippen molar-refractivity contribution < 1.29 is 18.8 Å². The first-order valence-corrected chi connectivity index (χ1v) is 4.07. The van der Waals surface area contributed by atoms with Crippen LogP contribution in [-0.2, 0) is 29.3 Å². The van der Waals surface area contributed by atoms with Crippen molar-refractivity contribution in [3.05, 3.63) is 0 Å². The Morgan fingerprint density at radius 1 is 1.86 bits per heavy atom. The van der Waals surface area contributed by atoms with Gasteiger partial charge in [-0.2, -0.15) is 0 Å². The first kappa shape index (κ1) is 7.25. The minimum atomic E-state index is -2.81. The second-order valence-corrected chi connectivity index (χ2v) is 4.21. The van der Waals surface area contributed by atoms with Gasteiger partial charge in [-0.3, -0.25) is 0 Å². The molecule has 0 aromatic carbocycles. The van der Waals surface area contributed by atoms with Crippen LogP contribution in [0.2, 0.25) is 0 Å². The molecule has 0 aliphatic heterocycles. The van der Waals surface area contributed by atoms with Gasteiger partial charge in [-0.15, -0.1) is 4.33 Å². The highest BCUT2D eigenvalue weighted by atomic mass is 32.8. The molecule has 44 valence electrons. The SMILES string of the molecule is CS(=O)(=S)OOO. The zero-order valence-corrected chi connectivity index (χ0v) is 5.12. The Bertz CT molecular complexity index is 123. The van der Waals surface area contributed by atoms with Gasteiger partial charge in [-0.05, 0) is 0 Å². The van der Waals surface area contributed by atoms with Crippen LogP contribution >= 0.6 is 0 Å². The molecule has 0 heterocycles. The van der Waals surface area contributed by atoms with Crippen LogP contribution in [0.5, 0.6) is 0 Å². The average Bonchev–Trinajstić information content (AvgIpc) is 1.30. The lowest BCUT2D eigenvalue weighted by atomic mass is 12.0. The van der Waals surface area contributed by atoms with Crippen molar-refractivity contribution in [2.45, 2.75) is 0 Å². The molecule has 0 amide bonds. The van der Waals surface area contributed by atoms with Crippen LogP contribution in [0.15, 0.2) is 0 Å². The predicted molar refractivity (Wildman–Crippen MR) is 26.2 cm³/mol. The Morgan fingerprint density at radius 2 is 2.29 bits per heavy atom. The van der Waals surface area contributed by atoms with E-state index in [2.05, 4.69) is 20.6 Å². The van der Waals surface area contributed by atoms with E-state index in [0.29, 0.717) is 0 Å². The van der Waals surface area contributed by atoms with Crippen molar-refractivity contribution >= 4 is 20.0 Å². The van der Waals surface area contributed by atoms with Crippen LogP contribution < -0.4 is 0 Å². The van der Waals surface area contributed by atoms with E-state index in [1.165, 1.54) is 0 Å². The van der Waals surface area contributed by atoms with E-state index in [1.807, 2.05) is 0 Å². The third kappa shape index (κ3) is 6.25. The third-order valence-corrected chi connectivity index (χ3v) is 0.629. The van der Waals surface area contributed by atoms with E-state index in [0.717, 1.165) is 6.26 Å². The van der Waals surface area contributed by atoms with Crippen molar-refractivity contribution in [1.82, 2.24) is 0 Å². The van der Waals surface area contributed by atoms with Gasteiger partial charge in [0.15, 0.2) is 8.77 Å². The maximum Gasteiger partial charge on any atom is 0.173 e. The van der Waals surface area contributed by atoms with E-state index >= 15 is 0 Å². The summed E-state index contributed by atoms with van der Waals surface area (Å²) in [5.41, 5.74) is 0. The summed E-state index contributed by atoms with van der Waals surface area (Å²) < 4.78 is 13.7. The minimum absolute atomic E-state index is 1.11. The summed E-state index contributed by atoms with van der Waals surface area (Å²) in [7, 11) is -2.81. The van der Waals surface area contributed by atoms with E-state index < -0.39 is 8.77 Å². The smallest absolute Gasteiger partial charge is 0.173 e. The zero-order chi connectivity index (χ0) is 5.91. The van der Waals surface area contributed by atoms with Crippen LogP contribution in [0, 0.1) is 0 Å². The van der Waals surface area contributed by atoms with Crippen molar-refractivity contribution in [1.29, 1.82) is 0 Å². The Labute approximate surface area is 45.8 Å². The lowest BCUT2D eigenvalue weighted by Gasteiger charge is -1.90. The van der Waals surface area contributed by atoms with Gasteiger partial charge in [0.2, 0.25) is 0 Å². The van der Waals surface area contributed by atoms with Crippen molar-refractivity contribution in [3.63, 3.8) is 0 Å². The molecule has 0 spiro atoms. The summed E-state index contributed by atoms with van der Waals surface area (Å²) in [6.45, 7) is 0. The molecule has 7 heavy (non-hydrogen) atoms. The largest absolute Gasteiger partial charge is 0.226 e. The average molecular weight is 144 g/mol. The summed E-state index contributed by atoms with van der Waals surface area (Å²) in [6, 6.07) is 0. The molecule has 0 rings (SSSR count). The molecule has 4 nitrogen and oxygen atoms in total. The number of hydrogen-bond acceptors (Lipinski definition) is 5. The molecule has 0 aliphatic carbocycles. The van der Waals surface area contributed by atoms with Gasteiger partial charge in [-0.1, -0.05) is 5.04 Å². The molecular formula is CH4O4S2. The topological polar surface area (TPSA) is 55.8 Å². The first-order valence-electron chi connectivity index (χ1n) is 1.26. The summed E-state index contributed by atoms with van der Waals surface area (Å²) >= 11 is 4.10. The maximum absolute atomic E-state index is 10.1. The van der Waals surface area contributed by atoms with Crippen LogP contribution in [0.25, 0.3) is 0 Å². The molecule has 0 radical (unpaired) electrons. The molecule has 6 heteroatoms. The fourth-order valence-corrected chi connectivity index (χ4v) is 0.240. The minimum Gasteiger partial charge on any atom is -0.226 e. The van der Waals surface area contributed by atoms with Crippen molar-refractivity contribution in [3.8, 4) is 0 Å². The van der Waals surface area contributed by atoms with Gasteiger partial charge >= 0.3 is 0 Å². The van der Waals surface area contributed by atoms with Crippen LogP contribution in [-0.4, -0.2) is 15.7 Å².